The van der Waals surface area contributed by atoms with Crippen molar-refractivity contribution < 1.29 is 9.90 Å². The van der Waals surface area contributed by atoms with E-state index < -0.39 is 5.41 Å². The zero-order chi connectivity index (χ0) is 22.4. The predicted octanol–water partition coefficient (Wildman–Crippen LogP) is 6.88. The zero-order valence-corrected chi connectivity index (χ0v) is 20.8. The summed E-state index contributed by atoms with van der Waals surface area (Å²) < 4.78 is 0. The van der Waals surface area contributed by atoms with Crippen LogP contribution in [0.1, 0.15) is 99.3 Å². The second-order valence-corrected chi connectivity index (χ2v) is 13.7. The normalized spacial score (nSPS) is 50.9. The summed E-state index contributed by atoms with van der Waals surface area (Å²) in [4.78, 5) is 12.9. The molecule has 31 heavy (non-hydrogen) atoms. The van der Waals surface area contributed by atoms with E-state index in [4.69, 9.17) is 0 Å². The first kappa shape index (κ1) is 21.9. The van der Waals surface area contributed by atoms with Crippen molar-refractivity contribution >= 4 is 5.78 Å². The van der Waals surface area contributed by atoms with Gasteiger partial charge >= 0.3 is 0 Å². The molecule has 0 spiro atoms. The van der Waals surface area contributed by atoms with E-state index in [1.54, 1.807) is 11.1 Å². The van der Waals surface area contributed by atoms with Crippen molar-refractivity contribution in [2.75, 3.05) is 6.61 Å². The number of carbonyl (C=O) groups is 1. The van der Waals surface area contributed by atoms with Gasteiger partial charge in [0.25, 0.3) is 0 Å². The van der Waals surface area contributed by atoms with Gasteiger partial charge in [-0.3, -0.25) is 4.79 Å². The Kier molecular flexibility index (Phi) is 4.66. The molecule has 0 aromatic carbocycles. The van der Waals surface area contributed by atoms with Crippen LogP contribution in [0.25, 0.3) is 0 Å². The molecule has 3 saturated carbocycles. The third-order valence-corrected chi connectivity index (χ3v) is 11.9. The van der Waals surface area contributed by atoms with Gasteiger partial charge in [0.1, 0.15) is 5.78 Å². The average molecular weight is 425 g/mol. The summed E-state index contributed by atoms with van der Waals surface area (Å²) in [5.41, 5.74) is 4.00. The van der Waals surface area contributed by atoms with Crippen LogP contribution in [-0.4, -0.2) is 17.5 Å². The number of ketones is 1. The van der Waals surface area contributed by atoms with Crippen molar-refractivity contribution in [3.8, 4) is 0 Å². The number of hydrogen-bond donors (Lipinski definition) is 1. The highest BCUT2D eigenvalue weighted by Gasteiger charge is 2.67. The molecule has 2 heteroatoms. The summed E-state index contributed by atoms with van der Waals surface area (Å²) in [7, 11) is 0. The molecule has 5 rings (SSSR count). The Bertz CT molecular complexity index is 864. The number of aliphatic hydroxyl groups is 1. The molecule has 172 valence electrons. The van der Waals surface area contributed by atoms with E-state index >= 15 is 0 Å². The van der Waals surface area contributed by atoms with Crippen molar-refractivity contribution in [3.05, 3.63) is 23.3 Å². The maximum Gasteiger partial charge on any atom is 0.141 e. The summed E-state index contributed by atoms with van der Waals surface area (Å²) in [5.74, 6) is 1.86. The van der Waals surface area contributed by atoms with Crippen molar-refractivity contribution in [3.63, 3.8) is 0 Å². The smallest absolute Gasteiger partial charge is 0.141 e. The Morgan fingerprint density at radius 1 is 0.968 bits per heavy atom. The first-order valence-corrected chi connectivity index (χ1v) is 12.9. The van der Waals surface area contributed by atoms with Crippen LogP contribution in [0, 0.1) is 44.8 Å². The number of hydrogen-bond acceptors (Lipinski definition) is 2. The fourth-order valence-corrected chi connectivity index (χ4v) is 9.57. The highest BCUT2D eigenvalue weighted by molar-refractivity contribution is 5.86. The highest BCUT2D eigenvalue weighted by atomic mass is 16.3. The van der Waals surface area contributed by atoms with Crippen LogP contribution < -0.4 is 0 Å². The maximum absolute atomic E-state index is 12.9. The van der Waals surface area contributed by atoms with Crippen molar-refractivity contribution in [2.45, 2.75) is 99.3 Å². The van der Waals surface area contributed by atoms with Gasteiger partial charge in [-0.1, -0.05) is 64.8 Å². The number of carbonyl (C=O) groups excluding carboxylic acids is 1. The second kappa shape index (κ2) is 6.58. The van der Waals surface area contributed by atoms with Gasteiger partial charge in [-0.2, -0.15) is 0 Å². The summed E-state index contributed by atoms with van der Waals surface area (Å²) in [6.45, 7) is 14.7. The minimum atomic E-state index is -0.549. The van der Waals surface area contributed by atoms with Crippen molar-refractivity contribution in [1.82, 2.24) is 0 Å². The monoisotopic (exact) mass is 424 g/mol. The van der Waals surface area contributed by atoms with Crippen LogP contribution >= 0.6 is 0 Å². The molecule has 3 fully saturated rings. The summed E-state index contributed by atoms with van der Waals surface area (Å²) in [5, 5.41) is 10.3. The average Bonchev–Trinajstić information content (AvgIpc) is 2.71. The molecule has 0 saturated heterocycles. The molecule has 5 aliphatic rings. The summed E-state index contributed by atoms with van der Waals surface area (Å²) in [6, 6.07) is 0. The van der Waals surface area contributed by atoms with Crippen molar-refractivity contribution in [1.29, 1.82) is 0 Å². The molecule has 0 amide bonds. The van der Waals surface area contributed by atoms with Crippen molar-refractivity contribution in [2.24, 2.45) is 44.8 Å². The Labute approximate surface area is 190 Å². The lowest BCUT2D eigenvalue weighted by Crippen LogP contribution is -2.63. The van der Waals surface area contributed by atoms with Crippen LogP contribution in [-0.2, 0) is 4.79 Å². The predicted molar refractivity (Wildman–Crippen MR) is 126 cm³/mol. The standard InChI is InChI=1S/C29H44O2/c1-25(2)13-9-19-10-15-28(5)21(20(19)17-25)7-8-23-26(3)14-12-24(31)27(4,18-30)22(26)11-16-29(23,28)6/h7,10,20,22-23,30H,8-9,11-18H2,1-6H3/t20?,22?,23?,26-,27-,28+,29+/m0/s1. The third-order valence-electron chi connectivity index (χ3n) is 11.9. The Morgan fingerprint density at radius 2 is 1.71 bits per heavy atom. The second-order valence-electron chi connectivity index (χ2n) is 13.7. The minimum absolute atomic E-state index is 0.0110. The largest absolute Gasteiger partial charge is 0.395 e. The van der Waals surface area contributed by atoms with Crippen LogP contribution in [0.15, 0.2) is 23.3 Å². The first-order valence-electron chi connectivity index (χ1n) is 12.9. The molecule has 0 bridgehead atoms. The highest BCUT2D eigenvalue weighted by Crippen LogP contribution is 2.73. The Hall–Kier alpha value is -0.890. The number of Topliss-reactive ketones (excluding diaryl/α,β-unsaturated/α-hetero) is 1. The summed E-state index contributed by atoms with van der Waals surface area (Å²) in [6.07, 6.45) is 15.5. The Balaban J connectivity index is 1.57. The van der Waals surface area contributed by atoms with E-state index in [0.29, 0.717) is 35.4 Å². The Morgan fingerprint density at radius 3 is 2.42 bits per heavy atom. The molecule has 3 unspecified atom stereocenters. The fraction of sp³-hybridized carbons (Fsp3) is 0.828. The number of fused-ring (bicyclic) bond motifs is 7. The number of aliphatic hydroxyl groups excluding tert-OH is 1. The lowest BCUT2D eigenvalue weighted by Gasteiger charge is -2.69. The molecular formula is C29H44O2. The van der Waals surface area contributed by atoms with Gasteiger partial charge in [0.2, 0.25) is 0 Å². The van der Waals surface area contributed by atoms with Crippen LogP contribution in [0.3, 0.4) is 0 Å². The van der Waals surface area contributed by atoms with Crippen LogP contribution in [0.2, 0.25) is 0 Å². The SMILES string of the molecule is CC1(C)CCC2=CC[C@]3(C)C(=CCC4[C@@]5(C)CCC(=O)[C@@](C)(CO)C5CC[C@]43C)C2C1. The van der Waals surface area contributed by atoms with E-state index in [0.717, 1.165) is 19.3 Å². The van der Waals surface area contributed by atoms with E-state index in [-0.39, 0.29) is 22.9 Å². The molecule has 5 aliphatic carbocycles. The van der Waals surface area contributed by atoms with E-state index in [1.807, 2.05) is 0 Å². The zero-order valence-electron chi connectivity index (χ0n) is 20.8. The molecule has 0 aromatic rings. The first-order chi connectivity index (χ1) is 14.4. The molecule has 0 radical (unpaired) electrons. The molecule has 0 aromatic heterocycles. The van der Waals surface area contributed by atoms with Gasteiger partial charge in [0.05, 0.1) is 12.0 Å². The van der Waals surface area contributed by atoms with Gasteiger partial charge in [0.15, 0.2) is 0 Å². The number of allylic oxidation sites excluding steroid dienone is 4. The molecule has 0 heterocycles. The van der Waals surface area contributed by atoms with Gasteiger partial charge in [-0.25, -0.2) is 0 Å². The van der Waals surface area contributed by atoms with E-state index in [9.17, 15) is 9.90 Å². The van der Waals surface area contributed by atoms with Crippen LogP contribution in [0.4, 0.5) is 0 Å². The molecular weight excluding hydrogens is 380 g/mol. The lowest BCUT2D eigenvalue weighted by molar-refractivity contribution is -0.184. The fourth-order valence-electron chi connectivity index (χ4n) is 9.57. The van der Waals surface area contributed by atoms with Gasteiger partial charge in [-0.15, -0.1) is 0 Å². The molecule has 1 N–H and O–H groups in total. The van der Waals surface area contributed by atoms with Gasteiger partial charge < -0.3 is 5.11 Å². The van der Waals surface area contributed by atoms with E-state index in [1.165, 1.54) is 32.1 Å². The molecule has 2 nitrogen and oxygen atoms in total. The summed E-state index contributed by atoms with van der Waals surface area (Å²) >= 11 is 0. The maximum atomic E-state index is 12.9. The van der Waals surface area contributed by atoms with Gasteiger partial charge in [0, 0.05) is 12.3 Å². The minimum Gasteiger partial charge on any atom is -0.395 e. The van der Waals surface area contributed by atoms with Gasteiger partial charge in [-0.05, 0) is 84.9 Å². The topological polar surface area (TPSA) is 37.3 Å². The molecule has 0 aliphatic heterocycles. The van der Waals surface area contributed by atoms with E-state index in [2.05, 4.69) is 53.7 Å². The molecule has 7 atom stereocenters. The van der Waals surface area contributed by atoms with Crippen LogP contribution in [0.5, 0.6) is 0 Å². The lowest BCUT2D eigenvalue weighted by atomic mass is 9.35. The quantitative estimate of drug-likeness (QED) is 0.466. The third kappa shape index (κ3) is 2.69. The number of rotatable bonds is 1.